The highest BCUT2D eigenvalue weighted by atomic mass is 16.3. The Bertz CT molecular complexity index is 530. The summed E-state index contributed by atoms with van der Waals surface area (Å²) in [6.07, 6.45) is 2.83. The van der Waals surface area contributed by atoms with E-state index in [-0.39, 0.29) is 18.6 Å². The number of rotatable bonds is 4. The summed E-state index contributed by atoms with van der Waals surface area (Å²) in [4.78, 5) is 14.4. The lowest BCUT2D eigenvalue weighted by molar-refractivity contribution is -0.132. The minimum Gasteiger partial charge on any atom is -0.395 e. The van der Waals surface area contributed by atoms with Gasteiger partial charge < -0.3 is 5.11 Å². The molecule has 1 N–H and O–H groups in total. The summed E-state index contributed by atoms with van der Waals surface area (Å²) in [6, 6.07) is 10.1. The zero-order valence-corrected chi connectivity index (χ0v) is 12.1. The van der Waals surface area contributed by atoms with E-state index in [1.165, 1.54) is 0 Å². The number of nitrogens with zero attached hydrogens (tertiary/aromatic N) is 3. The first-order chi connectivity index (χ1) is 10.3. The molecule has 2 aliphatic heterocycles. The van der Waals surface area contributed by atoms with Gasteiger partial charge in [0.05, 0.1) is 25.4 Å². The van der Waals surface area contributed by atoms with Gasteiger partial charge in [-0.25, -0.2) is 5.01 Å². The van der Waals surface area contributed by atoms with Crippen molar-refractivity contribution in [1.29, 1.82) is 0 Å². The largest absolute Gasteiger partial charge is 0.395 e. The van der Waals surface area contributed by atoms with E-state index in [4.69, 9.17) is 0 Å². The van der Waals surface area contributed by atoms with Crippen LogP contribution in [0.15, 0.2) is 35.4 Å². The first kappa shape index (κ1) is 14.2. The predicted octanol–water partition coefficient (Wildman–Crippen LogP) is 1.08. The van der Waals surface area contributed by atoms with E-state index in [0.29, 0.717) is 13.1 Å². The van der Waals surface area contributed by atoms with Crippen LogP contribution in [0.3, 0.4) is 0 Å². The van der Waals surface area contributed by atoms with Crippen LogP contribution in [0.2, 0.25) is 0 Å². The lowest BCUT2D eigenvalue weighted by atomic mass is 10.1. The average molecular weight is 287 g/mol. The van der Waals surface area contributed by atoms with Crippen molar-refractivity contribution < 1.29 is 9.90 Å². The third kappa shape index (κ3) is 3.14. The first-order valence-corrected chi connectivity index (χ1v) is 7.56. The minimum atomic E-state index is 0.0290. The molecule has 1 fully saturated rings. The second kappa shape index (κ2) is 6.37. The smallest absolute Gasteiger partial charge is 0.256 e. The molecule has 0 aliphatic carbocycles. The molecule has 21 heavy (non-hydrogen) atoms. The normalized spacial score (nSPS) is 22.6. The molecule has 112 valence electrons. The number of likely N-dealkylation sites (tertiary alicyclic amines) is 1. The van der Waals surface area contributed by atoms with E-state index < -0.39 is 0 Å². The van der Waals surface area contributed by atoms with E-state index in [1.807, 2.05) is 30.3 Å². The molecule has 3 rings (SSSR count). The molecular formula is C16H21N3O2. The van der Waals surface area contributed by atoms with Crippen LogP contribution in [0.4, 0.5) is 0 Å². The fourth-order valence-electron chi connectivity index (χ4n) is 3.04. The number of hydrazone groups is 1. The van der Waals surface area contributed by atoms with E-state index in [0.717, 1.165) is 37.1 Å². The van der Waals surface area contributed by atoms with Crippen LogP contribution in [0.1, 0.15) is 24.8 Å². The maximum Gasteiger partial charge on any atom is 0.256 e. The molecule has 0 spiro atoms. The highest BCUT2D eigenvalue weighted by molar-refractivity contribution is 6.02. The van der Waals surface area contributed by atoms with E-state index in [1.54, 1.807) is 5.01 Å². The Morgan fingerprint density at radius 3 is 2.86 bits per heavy atom. The molecule has 0 aromatic heterocycles. The van der Waals surface area contributed by atoms with Crippen molar-refractivity contribution in [3.05, 3.63) is 35.9 Å². The van der Waals surface area contributed by atoms with Crippen molar-refractivity contribution in [2.75, 3.05) is 26.2 Å². The number of aliphatic hydroxyl groups is 1. The summed E-state index contributed by atoms with van der Waals surface area (Å²) in [7, 11) is 0. The first-order valence-electron chi connectivity index (χ1n) is 7.56. The maximum absolute atomic E-state index is 12.3. The van der Waals surface area contributed by atoms with Gasteiger partial charge in [0.25, 0.3) is 5.91 Å². The summed E-state index contributed by atoms with van der Waals surface area (Å²) in [5.41, 5.74) is 2.06. The summed E-state index contributed by atoms with van der Waals surface area (Å²) >= 11 is 0. The van der Waals surface area contributed by atoms with Gasteiger partial charge in [0.1, 0.15) is 0 Å². The molecule has 0 bridgehead atoms. The fourth-order valence-corrected chi connectivity index (χ4v) is 3.04. The number of hydrogen-bond donors (Lipinski definition) is 1. The van der Waals surface area contributed by atoms with Crippen LogP contribution >= 0.6 is 0 Å². The molecule has 1 aromatic rings. The van der Waals surface area contributed by atoms with Gasteiger partial charge in [-0.1, -0.05) is 30.3 Å². The van der Waals surface area contributed by atoms with Crippen molar-refractivity contribution in [3.8, 4) is 0 Å². The average Bonchev–Trinajstić information content (AvgIpc) is 3.17. The zero-order valence-electron chi connectivity index (χ0n) is 12.1. The number of carbonyl (C=O) groups is 1. The van der Waals surface area contributed by atoms with Crippen LogP contribution in [-0.2, 0) is 4.79 Å². The number of carbonyl (C=O) groups excluding carboxylic acids is 1. The Morgan fingerprint density at radius 1 is 1.29 bits per heavy atom. The van der Waals surface area contributed by atoms with Gasteiger partial charge in [-0.05, 0) is 24.9 Å². The topological polar surface area (TPSA) is 56.1 Å². The van der Waals surface area contributed by atoms with Crippen molar-refractivity contribution in [2.24, 2.45) is 5.10 Å². The highest BCUT2D eigenvalue weighted by Gasteiger charge is 2.29. The van der Waals surface area contributed by atoms with E-state index in [9.17, 15) is 9.90 Å². The molecular weight excluding hydrogens is 266 g/mol. The Balaban J connectivity index is 1.63. The number of hydrogen-bond acceptors (Lipinski definition) is 4. The minimum absolute atomic E-state index is 0.0290. The fraction of sp³-hybridized carbons (Fsp3) is 0.500. The summed E-state index contributed by atoms with van der Waals surface area (Å²) < 4.78 is 0. The molecule has 2 aliphatic rings. The molecule has 1 aromatic carbocycles. The van der Waals surface area contributed by atoms with Crippen molar-refractivity contribution in [3.63, 3.8) is 0 Å². The zero-order chi connectivity index (χ0) is 14.7. The molecule has 2 heterocycles. The molecule has 1 saturated heterocycles. The van der Waals surface area contributed by atoms with Gasteiger partial charge in [0, 0.05) is 12.5 Å². The van der Waals surface area contributed by atoms with Crippen LogP contribution in [-0.4, -0.2) is 58.9 Å². The molecule has 1 amide bonds. The van der Waals surface area contributed by atoms with E-state index in [2.05, 4.69) is 10.0 Å². The molecule has 5 heteroatoms. The van der Waals surface area contributed by atoms with Gasteiger partial charge in [-0.2, -0.15) is 5.10 Å². The Hall–Kier alpha value is -1.72. The summed E-state index contributed by atoms with van der Waals surface area (Å²) in [5.74, 6) is 0.0290. The second-order valence-electron chi connectivity index (χ2n) is 5.63. The van der Waals surface area contributed by atoms with Gasteiger partial charge in [-0.15, -0.1) is 0 Å². The lowest BCUT2D eigenvalue weighted by Crippen LogP contribution is -2.41. The van der Waals surface area contributed by atoms with Crippen molar-refractivity contribution in [2.45, 2.75) is 25.3 Å². The monoisotopic (exact) mass is 287 g/mol. The molecule has 1 atom stereocenters. The maximum atomic E-state index is 12.3. The van der Waals surface area contributed by atoms with Gasteiger partial charge in [0.2, 0.25) is 0 Å². The van der Waals surface area contributed by atoms with Crippen LogP contribution < -0.4 is 0 Å². The summed E-state index contributed by atoms with van der Waals surface area (Å²) in [6.45, 7) is 2.03. The standard InChI is InChI=1S/C16H21N3O2/c20-12-14-7-4-9-18(14)11-16(21)19-10-8-15(17-19)13-5-2-1-3-6-13/h1-3,5-6,14,20H,4,7-12H2/t14-/m1/s1. The third-order valence-corrected chi connectivity index (χ3v) is 4.24. The predicted molar refractivity (Wildman–Crippen MR) is 81.0 cm³/mol. The highest BCUT2D eigenvalue weighted by Crippen LogP contribution is 2.18. The lowest BCUT2D eigenvalue weighted by Gasteiger charge is -2.23. The number of amides is 1. The van der Waals surface area contributed by atoms with E-state index >= 15 is 0 Å². The second-order valence-corrected chi connectivity index (χ2v) is 5.63. The van der Waals surface area contributed by atoms with Crippen LogP contribution in [0.5, 0.6) is 0 Å². The molecule has 0 unspecified atom stereocenters. The Labute approximate surface area is 124 Å². The van der Waals surface area contributed by atoms with Gasteiger partial charge in [-0.3, -0.25) is 9.69 Å². The molecule has 0 saturated carbocycles. The van der Waals surface area contributed by atoms with Gasteiger partial charge >= 0.3 is 0 Å². The summed E-state index contributed by atoms with van der Waals surface area (Å²) in [5, 5.41) is 15.4. The third-order valence-electron chi connectivity index (χ3n) is 4.24. The number of benzene rings is 1. The van der Waals surface area contributed by atoms with Crippen molar-refractivity contribution >= 4 is 11.6 Å². The molecule has 5 nitrogen and oxygen atoms in total. The molecule has 0 radical (unpaired) electrons. The van der Waals surface area contributed by atoms with Crippen LogP contribution in [0, 0.1) is 0 Å². The Kier molecular flexibility index (Phi) is 4.31. The van der Waals surface area contributed by atoms with Crippen molar-refractivity contribution in [1.82, 2.24) is 9.91 Å². The Morgan fingerprint density at radius 2 is 2.10 bits per heavy atom. The number of aliphatic hydroxyl groups excluding tert-OH is 1. The van der Waals surface area contributed by atoms with Crippen LogP contribution in [0.25, 0.3) is 0 Å². The van der Waals surface area contributed by atoms with Gasteiger partial charge in [0.15, 0.2) is 0 Å². The quantitative estimate of drug-likeness (QED) is 0.901. The SMILES string of the molecule is O=C(CN1CCC[C@@H]1CO)N1CCC(c2ccccc2)=N1.